The van der Waals surface area contributed by atoms with E-state index in [0.29, 0.717) is 37.2 Å². The number of aromatic nitrogens is 8. The number of ether oxygens (including phenoxy) is 2. The van der Waals surface area contributed by atoms with E-state index in [1.807, 2.05) is 0 Å². The van der Waals surface area contributed by atoms with E-state index in [1.165, 1.54) is 27.7 Å². The van der Waals surface area contributed by atoms with Crippen LogP contribution in [0.2, 0.25) is 0 Å². The van der Waals surface area contributed by atoms with Gasteiger partial charge in [0, 0.05) is 74.2 Å². The number of aliphatic hydroxyl groups excluding tert-OH is 4. The lowest BCUT2D eigenvalue weighted by atomic mass is 9.87. The molecule has 2 fully saturated rings. The third-order valence-electron chi connectivity index (χ3n) is 14.6. The van der Waals surface area contributed by atoms with Gasteiger partial charge in [-0.05, 0) is 12.8 Å². The highest BCUT2D eigenvalue weighted by molar-refractivity contribution is 8.13. The number of hydrogen-bond acceptors (Lipinski definition) is 36. The predicted octanol–water partition coefficient (Wildman–Crippen LogP) is -0.738. The number of thioether (sulfide) groups is 2. The van der Waals surface area contributed by atoms with Crippen molar-refractivity contribution in [2.75, 3.05) is 75.6 Å². The van der Waals surface area contributed by atoms with Crippen LogP contribution in [0.1, 0.15) is 78.7 Å². The van der Waals surface area contributed by atoms with Crippen molar-refractivity contribution in [1.82, 2.24) is 60.3 Å². The van der Waals surface area contributed by atoms with E-state index in [-0.39, 0.29) is 83.2 Å². The molecule has 2 saturated heterocycles. The van der Waals surface area contributed by atoms with E-state index in [1.54, 1.807) is 12.2 Å². The van der Waals surface area contributed by atoms with E-state index in [2.05, 4.69) is 82.0 Å². The molecule has 0 aromatic carbocycles. The topological polar surface area (TPSA) is 727 Å². The van der Waals surface area contributed by atoms with Gasteiger partial charge in [0.2, 0.25) is 23.6 Å². The van der Waals surface area contributed by atoms with Crippen molar-refractivity contribution in [2.24, 2.45) is 10.8 Å². The molecule has 56 heteroatoms. The molecule has 0 bridgehead atoms. The Hall–Kier alpha value is -5.40. The quantitative estimate of drug-likeness (QED) is 0.0147. The first-order valence-corrected chi connectivity index (χ1v) is 42.4. The molecule has 14 atom stereocenters. The zero-order valence-corrected chi connectivity index (χ0v) is 64.5. The van der Waals surface area contributed by atoms with Gasteiger partial charge in [0.1, 0.15) is 72.5 Å². The van der Waals surface area contributed by atoms with Crippen LogP contribution in [0, 0.1) is 10.8 Å². The number of anilines is 2. The van der Waals surface area contributed by atoms with Crippen LogP contribution in [-0.4, -0.2) is 245 Å². The number of hydrogen-bond donors (Lipinski definition) is 18. The van der Waals surface area contributed by atoms with Crippen LogP contribution in [0.15, 0.2) is 50.6 Å². The summed E-state index contributed by atoms with van der Waals surface area (Å²) in [5.41, 5.74) is 8.51. The van der Waals surface area contributed by atoms with E-state index in [0.717, 1.165) is 58.0 Å². The summed E-state index contributed by atoms with van der Waals surface area (Å²) in [5.74, 6) is -2.21. The number of carbonyl (C=O) groups excluding carboxylic acids is 6. The number of rotatable bonds is 44. The maximum atomic E-state index is 12.6. The number of carbonyl (C=O) groups is 6. The first-order chi connectivity index (χ1) is 50.1. The lowest BCUT2D eigenvalue weighted by Crippen LogP contribution is -2.46. The number of aliphatic hydroxyl groups is 4. The number of nitrogen functional groups attached to an aromatic ring is 2. The minimum atomic E-state index is -5.57. The third-order valence-corrected chi connectivity index (χ3v) is 22.7. The SMILES string of the molecule is C=CCCC(=O)SCCNC(=O)CCNC(=O)[C@H](O)C(C)(C)COP(=O)(O)OP(=O)(O)OC[C@H]1O[C@@H](n2cnc3c(N)ncnc32)[C@H](O)[C@@H]1OP(=O)(O)O.C=CCCC(=O)SCCNC(=O)CCNC(=O)[C@H](O)C(C)(C)COP(=O)(O)OP(=O)(O)OC[C@H]1O[C@@H](n2cnc3c(N)ncnc32)[C@H](O)[C@@H]1OP(=O)(O)O. The molecule has 4 unspecified atom stereocenters. The number of fused-ring (bicyclic) bond motifs is 2. The smallest absolute Gasteiger partial charge is 0.386 e. The second-order valence-corrected chi connectivity index (χ2v) is 35.0. The van der Waals surface area contributed by atoms with E-state index < -0.39 is 169 Å². The molecular weight excluding hydrogens is 1610 g/mol. The lowest BCUT2D eigenvalue weighted by molar-refractivity contribution is -0.137. The summed E-state index contributed by atoms with van der Waals surface area (Å²) in [4.78, 5) is 174. The Balaban J connectivity index is 0.000000387. The summed E-state index contributed by atoms with van der Waals surface area (Å²) < 4.78 is 124. The average Bonchev–Trinajstić information content (AvgIpc) is 1.62. The van der Waals surface area contributed by atoms with Crippen molar-refractivity contribution in [1.29, 1.82) is 0 Å². The number of amides is 4. The van der Waals surface area contributed by atoms with Gasteiger partial charge in [-0.15, -0.1) is 13.2 Å². The van der Waals surface area contributed by atoms with E-state index >= 15 is 0 Å². The van der Waals surface area contributed by atoms with Gasteiger partial charge in [0.15, 0.2) is 45.6 Å². The van der Waals surface area contributed by atoms with Crippen molar-refractivity contribution < 1.29 is 161 Å². The second kappa shape index (κ2) is 40.9. The van der Waals surface area contributed by atoms with Crippen LogP contribution in [0.5, 0.6) is 0 Å². The molecule has 4 aromatic heterocycles. The summed E-state index contributed by atoms with van der Waals surface area (Å²) in [7, 11) is -32.8. The Morgan fingerprint density at radius 3 is 1.22 bits per heavy atom. The Bertz CT molecular complexity index is 3840. The predicted molar refractivity (Wildman–Crippen MR) is 373 cm³/mol. The lowest BCUT2D eigenvalue weighted by Gasteiger charge is -2.30. The maximum Gasteiger partial charge on any atom is 0.481 e. The molecule has 0 saturated carbocycles. The first kappa shape index (κ1) is 93.2. The molecular formula is C52H84N14O34P6S2. The minimum absolute atomic E-state index is 0.0299. The minimum Gasteiger partial charge on any atom is -0.386 e. The van der Waals surface area contributed by atoms with Crippen LogP contribution in [0.25, 0.3) is 22.3 Å². The monoisotopic (exact) mass is 1700 g/mol. The van der Waals surface area contributed by atoms with Crippen molar-refractivity contribution in [3.63, 3.8) is 0 Å². The Labute approximate surface area is 621 Å². The molecule has 4 amide bonds. The zero-order valence-electron chi connectivity index (χ0n) is 57.5. The number of phosphoric ester groups is 6. The normalized spacial score (nSPS) is 21.9. The van der Waals surface area contributed by atoms with Gasteiger partial charge in [0.05, 0.1) is 39.1 Å². The third kappa shape index (κ3) is 29.9. The summed E-state index contributed by atoms with van der Waals surface area (Å²) in [5, 5.41) is 52.5. The van der Waals surface area contributed by atoms with Crippen molar-refractivity contribution in [3.8, 4) is 0 Å². The van der Waals surface area contributed by atoms with Crippen LogP contribution < -0.4 is 32.7 Å². The highest BCUT2D eigenvalue weighted by Gasteiger charge is 2.53. The number of nitrogens with two attached hydrogens (primary N) is 2. The molecule has 6 heterocycles. The largest absolute Gasteiger partial charge is 0.481 e. The van der Waals surface area contributed by atoms with Gasteiger partial charge >= 0.3 is 46.9 Å². The van der Waals surface area contributed by atoms with Crippen LogP contribution in [0.4, 0.5) is 11.6 Å². The average molecular weight is 1700 g/mol. The summed E-state index contributed by atoms with van der Waals surface area (Å²) in [6, 6.07) is 0. The second-order valence-electron chi connectivity index (χ2n) is 24.2. The number of allylic oxidation sites excluding steroid dienone is 2. The van der Waals surface area contributed by atoms with Crippen molar-refractivity contribution >= 4 is 138 Å². The highest BCUT2D eigenvalue weighted by atomic mass is 32.2. The molecule has 4 aromatic rings. The zero-order chi connectivity index (χ0) is 81.0. The first-order valence-electron chi connectivity index (χ1n) is 31.4. The van der Waals surface area contributed by atoms with Crippen molar-refractivity contribution in [2.45, 2.75) is 128 Å². The number of nitrogens with zero attached hydrogens (tertiary/aromatic N) is 8. The summed E-state index contributed by atoms with van der Waals surface area (Å²) >= 11 is 2.12. The van der Waals surface area contributed by atoms with Crippen LogP contribution >= 0.6 is 70.5 Å². The molecule has 608 valence electrons. The molecule has 20 N–H and O–H groups in total. The fraction of sp³-hybridized carbons (Fsp3) is 0.615. The number of nitrogens with one attached hydrogen (secondary N) is 4. The van der Waals surface area contributed by atoms with Gasteiger partial charge in [0.25, 0.3) is 0 Å². The molecule has 2 aliphatic rings. The van der Waals surface area contributed by atoms with Gasteiger partial charge < -0.3 is 102 Å². The van der Waals surface area contributed by atoms with E-state index in [9.17, 15) is 116 Å². The molecule has 0 spiro atoms. The summed E-state index contributed by atoms with van der Waals surface area (Å²) in [6.45, 7) is 8.05. The standard InChI is InChI=1S/2C26H42N7O17P3S/c2*1-4-5-6-17(35)54-10-9-28-16(34)7-8-29-24(38)21(37)26(2,3)12-47-53(44,45)50-52(42,43)46-11-15-20(49-51(39,40)41)19(36)25(48-15)33-14-32-18-22(27)30-13-31-23(18)33/h2*4,13-15,19-21,25,36-37H,1,5-12H2,2-3H3,(H,28,34)(H,29,38)(H,42,43)(H,44,45)(H2,27,30,31)(H2,39,40,41)/t2*15-,19-,20-,21+,25-/m11/s1. The van der Waals surface area contributed by atoms with Crippen LogP contribution in [-0.2, 0) is 101 Å². The molecule has 48 nitrogen and oxygen atoms in total. The van der Waals surface area contributed by atoms with Gasteiger partial charge in [-0.3, -0.25) is 65.0 Å². The fourth-order valence-corrected chi connectivity index (χ4v) is 16.2. The molecule has 0 aliphatic carbocycles. The number of phosphoric acid groups is 6. The molecule has 108 heavy (non-hydrogen) atoms. The number of imidazole rings is 2. The van der Waals surface area contributed by atoms with Crippen molar-refractivity contribution in [3.05, 3.63) is 50.6 Å². The van der Waals surface area contributed by atoms with Gasteiger partial charge in [-0.1, -0.05) is 63.4 Å². The van der Waals surface area contributed by atoms with Crippen LogP contribution in [0.3, 0.4) is 0 Å². The maximum absolute atomic E-state index is 12.6. The van der Waals surface area contributed by atoms with Gasteiger partial charge in [-0.2, -0.15) is 8.62 Å². The van der Waals surface area contributed by atoms with E-state index in [4.69, 9.17) is 39.0 Å². The Kier molecular flexibility index (Phi) is 35.3. The summed E-state index contributed by atoms with van der Waals surface area (Å²) in [6.07, 6.45) is -8.80. The Morgan fingerprint density at radius 1 is 0.546 bits per heavy atom. The Morgan fingerprint density at radius 2 is 0.889 bits per heavy atom. The molecule has 6 rings (SSSR count). The fourth-order valence-electron chi connectivity index (χ4n) is 9.17. The molecule has 0 radical (unpaired) electrons. The van der Waals surface area contributed by atoms with Gasteiger partial charge in [-0.25, -0.2) is 57.3 Å². The highest BCUT2D eigenvalue weighted by Crippen LogP contribution is 2.63. The molecule has 2 aliphatic heterocycles.